The zero-order chi connectivity index (χ0) is 13.4. The predicted molar refractivity (Wildman–Crippen MR) is 55.8 cm³/mol. The number of hydrogen-bond donors (Lipinski definition) is 2. The molecule has 0 amide bonds. The van der Waals surface area contributed by atoms with Crippen molar-refractivity contribution in [1.29, 1.82) is 5.39 Å². The summed E-state index contributed by atoms with van der Waals surface area (Å²) in [6.45, 7) is 0. The van der Waals surface area contributed by atoms with E-state index in [1.165, 1.54) is 0 Å². The number of diazo groups is 1. The van der Waals surface area contributed by atoms with Gasteiger partial charge in [-0.2, -0.15) is 16.8 Å². The van der Waals surface area contributed by atoms with Gasteiger partial charge in [-0.05, 0) is 12.1 Å². The highest BCUT2D eigenvalue weighted by Gasteiger charge is 2.35. The van der Waals surface area contributed by atoms with E-state index in [-0.39, 0.29) is 17.0 Å². The lowest BCUT2D eigenvalue weighted by Gasteiger charge is -1.99. The predicted octanol–water partition coefficient (Wildman–Crippen LogP) is -1.68. The van der Waals surface area contributed by atoms with Crippen molar-refractivity contribution in [3.63, 3.8) is 0 Å². The van der Waals surface area contributed by atoms with Gasteiger partial charge in [-0.15, -0.1) is 0 Å². The first-order valence-electron chi connectivity index (χ1n) is 3.71. The fourth-order valence-corrected chi connectivity index (χ4v) is 2.80. The Kier molecular flexibility index (Phi) is 5.24. The Bertz CT molecular complexity index is 670. The van der Waals surface area contributed by atoms with Crippen molar-refractivity contribution in [2.24, 2.45) is 0 Å². The fourth-order valence-electron chi connectivity index (χ4n) is 1.04. The number of rotatable bonds is 2. The molecule has 0 radical (unpaired) electrons. The molecule has 18 heavy (non-hydrogen) atoms. The van der Waals surface area contributed by atoms with Crippen LogP contribution in [0.3, 0.4) is 0 Å². The van der Waals surface area contributed by atoms with E-state index in [1.807, 2.05) is 0 Å². The first-order chi connectivity index (χ1) is 7.57. The van der Waals surface area contributed by atoms with Gasteiger partial charge in [0, 0.05) is 5.02 Å². The molecule has 0 heterocycles. The minimum atomic E-state index is -4.86. The monoisotopic (exact) mass is 378 g/mol. The molecule has 0 aliphatic heterocycles. The zero-order valence-corrected chi connectivity index (χ0v) is 12.1. The Morgan fingerprint density at radius 3 is 1.61 bits per heavy atom. The molecule has 1 aromatic carbocycles. The molecule has 0 aromatic heterocycles. The third kappa shape index (κ3) is 3.61. The number of halogens is 2. The van der Waals surface area contributed by atoms with Crippen LogP contribution in [-0.4, -0.2) is 25.9 Å². The van der Waals surface area contributed by atoms with Crippen LogP contribution in [0.2, 0.25) is 5.02 Å². The first kappa shape index (κ1) is 17.2. The second-order valence-electron chi connectivity index (χ2n) is 2.80. The number of benzene rings is 1. The van der Waals surface area contributed by atoms with Crippen LogP contribution in [0, 0.1) is 5.39 Å². The third-order valence-corrected chi connectivity index (χ3v) is 3.61. The van der Waals surface area contributed by atoms with Crippen molar-refractivity contribution in [2.75, 3.05) is 0 Å². The van der Waals surface area contributed by atoms with Crippen LogP contribution in [-0.2, 0) is 20.2 Å². The maximum absolute atomic E-state index is 10.9. The minimum absolute atomic E-state index is 0. The zero-order valence-electron chi connectivity index (χ0n) is 8.15. The van der Waals surface area contributed by atoms with Crippen LogP contribution in [0.1, 0.15) is 0 Å². The average Bonchev–Trinajstić information content (AvgIpc) is 2.13. The summed E-state index contributed by atoms with van der Waals surface area (Å²) in [5, 5.41) is 8.16. The van der Waals surface area contributed by atoms with E-state index in [2.05, 4.69) is 4.98 Å². The van der Waals surface area contributed by atoms with Gasteiger partial charge in [-0.25, -0.2) is 0 Å². The van der Waals surface area contributed by atoms with Gasteiger partial charge in [0.2, 0.25) is 5.39 Å². The van der Waals surface area contributed by atoms with Crippen molar-refractivity contribution in [3.05, 3.63) is 22.1 Å². The lowest BCUT2D eigenvalue weighted by Crippen LogP contribution is -3.00. The van der Waals surface area contributed by atoms with E-state index >= 15 is 0 Å². The quantitative estimate of drug-likeness (QED) is 0.462. The Labute approximate surface area is 117 Å². The summed E-state index contributed by atoms with van der Waals surface area (Å²) >= 11 is 5.42. The highest BCUT2D eigenvalue weighted by atomic mass is 79.9. The molecule has 0 saturated carbocycles. The van der Waals surface area contributed by atoms with E-state index in [0.29, 0.717) is 12.1 Å². The van der Waals surface area contributed by atoms with Gasteiger partial charge in [0.25, 0.3) is 0 Å². The van der Waals surface area contributed by atoms with Crippen LogP contribution in [0.15, 0.2) is 21.9 Å². The summed E-state index contributed by atoms with van der Waals surface area (Å²) in [5.41, 5.74) is -1.03. The summed E-state index contributed by atoms with van der Waals surface area (Å²) in [6.07, 6.45) is 0. The average molecular weight is 380 g/mol. The van der Waals surface area contributed by atoms with Crippen molar-refractivity contribution in [3.8, 4) is 0 Å². The third-order valence-electron chi connectivity index (χ3n) is 1.66. The summed E-state index contributed by atoms with van der Waals surface area (Å²) in [7, 11) is -9.73. The largest absolute Gasteiger partial charge is 1.00 e. The summed E-state index contributed by atoms with van der Waals surface area (Å²) < 4.78 is 61.1. The smallest absolute Gasteiger partial charge is 0.426 e. The second-order valence-corrected chi connectivity index (χ2v) is 6.02. The molecule has 0 spiro atoms. The molecule has 8 nitrogen and oxygen atoms in total. The first-order valence-corrected chi connectivity index (χ1v) is 6.97. The van der Waals surface area contributed by atoms with Gasteiger partial charge in [0.05, 0.1) is 0 Å². The van der Waals surface area contributed by atoms with E-state index in [4.69, 9.17) is 26.1 Å². The van der Waals surface area contributed by atoms with Gasteiger partial charge in [-0.1, -0.05) is 11.6 Å². The molecular formula is C6H4BrClN2O6S2. The van der Waals surface area contributed by atoms with Gasteiger partial charge in [0.1, 0.15) is 0 Å². The number of hydrogen-bond acceptors (Lipinski definition) is 5. The van der Waals surface area contributed by atoms with E-state index in [0.717, 1.165) is 0 Å². The molecule has 0 saturated heterocycles. The highest BCUT2D eigenvalue weighted by Crippen LogP contribution is 2.34. The molecule has 12 heteroatoms. The second kappa shape index (κ2) is 5.47. The molecule has 2 N–H and O–H groups in total. The molecule has 0 bridgehead atoms. The SMILES string of the molecule is N#[N+]c1c(S(=O)(=O)O)cc(Cl)cc1S(=O)(=O)O.[Br-]. The Morgan fingerprint density at radius 1 is 1.06 bits per heavy atom. The summed E-state index contributed by atoms with van der Waals surface area (Å²) in [4.78, 5) is 0.324. The summed E-state index contributed by atoms with van der Waals surface area (Å²) in [5.74, 6) is 0. The van der Waals surface area contributed by atoms with Crippen LogP contribution in [0.25, 0.3) is 4.98 Å². The maximum Gasteiger partial charge on any atom is 0.426 e. The molecule has 1 rings (SSSR count). The fraction of sp³-hybridized carbons (Fsp3) is 0. The normalized spacial score (nSPS) is 11.4. The highest BCUT2D eigenvalue weighted by molar-refractivity contribution is 7.87. The summed E-state index contributed by atoms with van der Waals surface area (Å²) in [6, 6.07) is 1.33. The Hall–Kier alpha value is -0.770. The van der Waals surface area contributed by atoms with Crippen LogP contribution in [0.5, 0.6) is 0 Å². The minimum Gasteiger partial charge on any atom is -1.00 e. The lowest BCUT2D eigenvalue weighted by atomic mass is 10.3. The molecular weight excluding hydrogens is 376 g/mol. The van der Waals surface area contributed by atoms with Gasteiger partial charge >= 0.3 is 25.9 Å². The molecule has 0 aliphatic rings. The Morgan fingerprint density at radius 2 is 1.39 bits per heavy atom. The van der Waals surface area contributed by atoms with Crippen molar-refractivity contribution >= 4 is 37.5 Å². The standard InChI is InChI=1S/C6H3ClN2O6S2.BrH/c7-3-1-4(16(10,11)12)6(9-8)5(2-3)17(13,14)15;/h1-2H,(H-,10,11,12,13,14,15);1H. The Balaban J connectivity index is 0.00000289. The van der Waals surface area contributed by atoms with Crippen molar-refractivity contribution in [2.45, 2.75) is 9.79 Å². The lowest BCUT2D eigenvalue weighted by molar-refractivity contribution is -0.0000119. The van der Waals surface area contributed by atoms with E-state index in [9.17, 15) is 16.8 Å². The molecule has 0 fully saturated rings. The molecule has 0 atom stereocenters. The van der Waals surface area contributed by atoms with Gasteiger partial charge in [0.15, 0.2) is 14.8 Å². The van der Waals surface area contributed by atoms with Crippen molar-refractivity contribution < 1.29 is 42.9 Å². The van der Waals surface area contributed by atoms with Gasteiger partial charge < -0.3 is 17.0 Å². The molecule has 0 aliphatic carbocycles. The van der Waals surface area contributed by atoms with E-state index in [1.54, 1.807) is 0 Å². The van der Waals surface area contributed by atoms with Crippen LogP contribution in [0.4, 0.5) is 5.69 Å². The molecule has 100 valence electrons. The van der Waals surface area contributed by atoms with E-state index < -0.39 is 40.7 Å². The van der Waals surface area contributed by atoms with Gasteiger partial charge in [-0.3, -0.25) is 9.11 Å². The molecule has 0 unspecified atom stereocenters. The topological polar surface area (TPSA) is 137 Å². The number of nitrogens with zero attached hydrogens (tertiary/aromatic N) is 2. The maximum atomic E-state index is 10.9. The molecule has 1 aromatic rings. The van der Waals surface area contributed by atoms with Crippen molar-refractivity contribution in [1.82, 2.24) is 0 Å². The van der Waals surface area contributed by atoms with Crippen LogP contribution >= 0.6 is 11.6 Å². The van der Waals surface area contributed by atoms with Crippen LogP contribution < -0.4 is 17.0 Å².